The molecule has 4 nitrogen and oxygen atoms in total. The van der Waals surface area contributed by atoms with E-state index in [0.29, 0.717) is 17.9 Å². The van der Waals surface area contributed by atoms with Crippen molar-refractivity contribution in [3.8, 4) is 0 Å². The summed E-state index contributed by atoms with van der Waals surface area (Å²) < 4.78 is 24.0. The maximum absolute atomic E-state index is 12.0. The Balaban J connectivity index is 2.47. The summed E-state index contributed by atoms with van der Waals surface area (Å²) in [6.07, 6.45) is 2.04. The molecule has 3 N–H and O–H groups in total. The van der Waals surface area contributed by atoms with Gasteiger partial charge in [0, 0.05) is 17.1 Å². The summed E-state index contributed by atoms with van der Waals surface area (Å²) in [5.41, 5.74) is 6.17. The number of aromatic nitrogens is 1. The molecule has 0 amide bonds. The van der Waals surface area contributed by atoms with E-state index in [2.05, 4.69) is 4.98 Å². The van der Waals surface area contributed by atoms with Gasteiger partial charge in [0.15, 0.2) is 9.84 Å². The Hall–Kier alpha value is -1.33. The molecular formula is C11H14N2O2S. The summed E-state index contributed by atoms with van der Waals surface area (Å²) in [6.45, 7) is 0.390. The highest BCUT2D eigenvalue weighted by Crippen LogP contribution is 2.23. The normalized spacial score (nSPS) is 12.1. The molecule has 0 bridgehead atoms. The van der Waals surface area contributed by atoms with Crippen molar-refractivity contribution in [3.63, 3.8) is 0 Å². The van der Waals surface area contributed by atoms with Gasteiger partial charge in [-0.2, -0.15) is 0 Å². The van der Waals surface area contributed by atoms with Gasteiger partial charge in [0.1, 0.15) is 0 Å². The summed E-state index contributed by atoms with van der Waals surface area (Å²) >= 11 is 0. The first-order chi connectivity index (χ1) is 7.65. The monoisotopic (exact) mass is 238 g/mol. The SMILES string of the molecule is NCCCS(=O)(=O)c1c[nH]c2ccccc12. The molecule has 0 fully saturated rings. The van der Waals surface area contributed by atoms with Crippen LogP contribution in [0.15, 0.2) is 35.4 Å². The zero-order valence-electron chi connectivity index (χ0n) is 8.81. The van der Waals surface area contributed by atoms with Crippen LogP contribution in [0, 0.1) is 0 Å². The highest BCUT2D eigenvalue weighted by atomic mass is 32.2. The molecular weight excluding hydrogens is 224 g/mol. The summed E-state index contributed by atoms with van der Waals surface area (Å²) in [6, 6.07) is 7.37. The molecule has 0 unspecified atom stereocenters. The molecule has 1 aromatic heterocycles. The van der Waals surface area contributed by atoms with Crippen molar-refractivity contribution in [3.05, 3.63) is 30.5 Å². The number of nitrogens with one attached hydrogen (secondary N) is 1. The van der Waals surface area contributed by atoms with Gasteiger partial charge < -0.3 is 10.7 Å². The number of para-hydroxylation sites is 1. The van der Waals surface area contributed by atoms with Crippen LogP contribution < -0.4 is 5.73 Å². The number of rotatable bonds is 4. The Bertz CT molecular complexity index is 587. The molecule has 1 aromatic carbocycles. The van der Waals surface area contributed by atoms with E-state index in [1.54, 1.807) is 12.3 Å². The number of H-pyrrole nitrogens is 1. The first-order valence-corrected chi connectivity index (χ1v) is 6.79. The third-order valence-electron chi connectivity index (χ3n) is 2.50. The van der Waals surface area contributed by atoms with E-state index >= 15 is 0 Å². The summed E-state index contributed by atoms with van der Waals surface area (Å²) in [5.74, 6) is 0.103. The van der Waals surface area contributed by atoms with Crippen molar-refractivity contribution >= 4 is 20.7 Å². The molecule has 0 radical (unpaired) electrons. The largest absolute Gasteiger partial charge is 0.360 e. The fourth-order valence-electron chi connectivity index (χ4n) is 1.69. The second-order valence-corrected chi connectivity index (χ2v) is 5.74. The topological polar surface area (TPSA) is 76.0 Å². The molecule has 1 heterocycles. The van der Waals surface area contributed by atoms with Crippen LogP contribution in [0.5, 0.6) is 0 Å². The van der Waals surface area contributed by atoms with Crippen LogP contribution in [0.2, 0.25) is 0 Å². The average molecular weight is 238 g/mol. The quantitative estimate of drug-likeness (QED) is 0.842. The molecule has 0 saturated carbocycles. The van der Waals surface area contributed by atoms with Crippen LogP contribution in [0.1, 0.15) is 6.42 Å². The van der Waals surface area contributed by atoms with E-state index in [-0.39, 0.29) is 5.75 Å². The van der Waals surface area contributed by atoms with Crippen LogP contribution in [-0.4, -0.2) is 25.7 Å². The van der Waals surface area contributed by atoms with Crippen molar-refractivity contribution in [2.45, 2.75) is 11.3 Å². The zero-order chi connectivity index (χ0) is 11.6. The lowest BCUT2D eigenvalue weighted by Crippen LogP contribution is -2.11. The highest BCUT2D eigenvalue weighted by molar-refractivity contribution is 7.91. The molecule has 0 spiro atoms. The predicted octanol–water partition coefficient (Wildman–Crippen LogP) is 1.29. The number of fused-ring (bicyclic) bond motifs is 1. The lowest BCUT2D eigenvalue weighted by Gasteiger charge is -2.01. The molecule has 2 rings (SSSR count). The van der Waals surface area contributed by atoms with Gasteiger partial charge in [-0.05, 0) is 19.0 Å². The van der Waals surface area contributed by atoms with E-state index in [4.69, 9.17) is 5.73 Å². The van der Waals surface area contributed by atoms with Gasteiger partial charge >= 0.3 is 0 Å². The Morgan fingerprint density at radius 1 is 1.25 bits per heavy atom. The minimum Gasteiger partial charge on any atom is -0.360 e. The third-order valence-corrected chi connectivity index (χ3v) is 4.34. The van der Waals surface area contributed by atoms with E-state index in [9.17, 15) is 8.42 Å². The number of benzene rings is 1. The molecule has 86 valence electrons. The van der Waals surface area contributed by atoms with Gasteiger partial charge in [-0.25, -0.2) is 8.42 Å². The lowest BCUT2D eigenvalue weighted by atomic mass is 10.2. The van der Waals surface area contributed by atoms with Gasteiger partial charge in [-0.1, -0.05) is 18.2 Å². The maximum Gasteiger partial charge on any atom is 0.180 e. The minimum atomic E-state index is -3.22. The average Bonchev–Trinajstić information content (AvgIpc) is 2.71. The van der Waals surface area contributed by atoms with E-state index < -0.39 is 9.84 Å². The minimum absolute atomic E-state index is 0.103. The fourth-order valence-corrected chi connectivity index (χ4v) is 3.20. The molecule has 2 aromatic rings. The fraction of sp³-hybridized carbons (Fsp3) is 0.273. The molecule has 0 atom stereocenters. The third kappa shape index (κ3) is 1.96. The van der Waals surface area contributed by atoms with Crippen LogP contribution >= 0.6 is 0 Å². The van der Waals surface area contributed by atoms with Crippen molar-refractivity contribution in [1.82, 2.24) is 4.98 Å². The Kier molecular flexibility index (Phi) is 2.98. The number of hydrogen-bond acceptors (Lipinski definition) is 3. The summed E-state index contributed by atoms with van der Waals surface area (Å²) in [5, 5.41) is 0.750. The van der Waals surface area contributed by atoms with E-state index in [0.717, 1.165) is 10.9 Å². The number of aromatic amines is 1. The lowest BCUT2D eigenvalue weighted by molar-refractivity contribution is 0.594. The van der Waals surface area contributed by atoms with Crippen molar-refractivity contribution in [2.75, 3.05) is 12.3 Å². The Morgan fingerprint density at radius 2 is 2.00 bits per heavy atom. The number of hydrogen-bond donors (Lipinski definition) is 2. The summed E-state index contributed by atoms with van der Waals surface area (Å²) in [7, 11) is -3.22. The predicted molar refractivity (Wildman–Crippen MR) is 64.0 cm³/mol. The van der Waals surface area contributed by atoms with Crippen molar-refractivity contribution in [2.24, 2.45) is 5.73 Å². The second kappa shape index (κ2) is 4.27. The van der Waals surface area contributed by atoms with Crippen LogP contribution in [0.25, 0.3) is 10.9 Å². The smallest absolute Gasteiger partial charge is 0.180 e. The van der Waals surface area contributed by atoms with Gasteiger partial charge in [0.2, 0.25) is 0 Å². The highest BCUT2D eigenvalue weighted by Gasteiger charge is 2.17. The summed E-state index contributed by atoms with van der Waals surface area (Å²) in [4.78, 5) is 3.33. The van der Waals surface area contributed by atoms with Crippen LogP contribution in [-0.2, 0) is 9.84 Å². The molecule has 16 heavy (non-hydrogen) atoms. The second-order valence-electron chi connectivity index (χ2n) is 3.66. The Morgan fingerprint density at radius 3 is 2.75 bits per heavy atom. The van der Waals surface area contributed by atoms with Crippen LogP contribution in [0.4, 0.5) is 0 Å². The van der Waals surface area contributed by atoms with Crippen molar-refractivity contribution < 1.29 is 8.42 Å². The van der Waals surface area contributed by atoms with Gasteiger partial charge in [-0.3, -0.25) is 0 Å². The zero-order valence-corrected chi connectivity index (χ0v) is 9.63. The first-order valence-electron chi connectivity index (χ1n) is 5.14. The van der Waals surface area contributed by atoms with E-state index in [1.807, 2.05) is 18.2 Å². The number of nitrogens with two attached hydrogens (primary N) is 1. The molecule has 5 heteroatoms. The Labute approximate surface area is 94.4 Å². The molecule has 0 aliphatic rings. The number of sulfone groups is 1. The molecule has 0 aliphatic heterocycles. The maximum atomic E-state index is 12.0. The molecule has 0 aliphatic carbocycles. The van der Waals surface area contributed by atoms with Gasteiger partial charge in [-0.15, -0.1) is 0 Å². The van der Waals surface area contributed by atoms with E-state index in [1.165, 1.54) is 0 Å². The standard InChI is InChI=1S/C11H14N2O2S/c12-6-3-7-16(14,15)11-8-13-10-5-2-1-4-9(10)11/h1-2,4-5,8,13H,3,6-7,12H2. The van der Waals surface area contributed by atoms with Crippen molar-refractivity contribution in [1.29, 1.82) is 0 Å². The van der Waals surface area contributed by atoms with Crippen LogP contribution in [0.3, 0.4) is 0 Å². The molecule has 0 saturated heterocycles. The van der Waals surface area contributed by atoms with Gasteiger partial charge in [0.25, 0.3) is 0 Å². The first kappa shape index (κ1) is 11.2. The van der Waals surface area contributed by atoms with Gasteiger partial charge in [0.05, 0.1) is 10.6 Å².